The van der Waals surface area contributed by atoms with Crippen molar-refractivity contribution in [1.29, 1.82) is 0 Å². The van der Waals surface area contributed by atoms with Crippen LogP contribution in [0.25, 0.3) is 11.3 Å². The van der Waals surface area contributed by atoms with E-state index in [9.17, 15) is 13.6 Å². The van der Waals surface area contributed by atoms with Gasteiger partial charge >= 0.3 is 6.03 Å². The summed E-state index contributed by atoms with van der Waals surface area (Å²) in [4.78, 5) is 12.6. The van der Waals surface area contributed by atoms with E-state index in [0.717, 1.165) is 30.7 Å². The Morgan fingerprint density at radius 2 is 1.90 bits per heavy atom. The summed E-state index contributed by atoms with van der Waals surface area (Å²) in [6.45, 7) is 0. The molecule has 0 unspecified atom stereocenters. The molecule has 2 amide bonds. The summed E-state index contributed by atoms with van der Waals surface area (Å²) in [7, 11) is 3.09. The molecule has 0 bridgehead atoms. The van der Waals surface area contributed by atoms with E-state index in [1.165, 1.54) is 7.11 Å². The van der Waals surface area contributed by atoms with Crippen LogP contribution in [0.15, 0.2) is 36.4 Å². The molecule has 1 saturated carbocycles. The van der Waals surface area contributed by atoms with E-state index in [1.54, 1.807) is 25.3 Å². The molecule has 4 rings (SSSR count). The van der Waals surface area contributed by atoms with Gasteiger partial charge in [-0.1, -0.05) is 0 Å². The minimum absolute atomic E-state index is 0.131. The summed E-state index contributed by atoms with van der Waals surface area (Å²) in [5, 5.41) is 12.6. The molecule has 1 fully saturated rings. The van der Waals surface area contributed by atoms with Gasteiger partial charge in [0, 0.05) is 23.6 Å². The highest BCUT2D eigenvalue weighted by Crippen LogP contribution is 2.46. The van der Waals surface area contributed by atoms with E-state index in [2.05, 4.69) is 20.8 Å². The number of amides is 2. The second kappa shape index (κ2) is 8.02. The first kappa shape index (κ1) is 19.7. The lowest BCUT2D eigenvalue weighted by Gasteiger charge is -2.13. The number of aromatic nitrogens is 2. The molecule has 0 spiro atoms. The van der Waals surface area contributed by atoms with E-state index >= 15 is 0 Å². The van der Waals surface area contributed by atoms with Gasteiger partial charge in [-0.05, 0) is 37.1 Å². The quantitative estimate of drug-likeness (QED) is 0.536. The Labute approximate surface area is 171 Å². The first-order valence-electron chi connectivity index (χ1n) is 9.34. The smallest absolute Gasteiger partial charge is 0.323 e. The fourth-order valence-corrected chi connectivity index (χ4v) is 3.20. The molecule has 7 nitrogen and oxygen atoms in total. The third kappa shape index (κ3) is 3.91. The minimum Gasteiger partial charge on any atom is -0.497 e. The zero-order valence-electron chi connectivity index (χ0n) is 16.4. The molecule has 0 radical (unpaired) electrons. The molecular formula is C21H20F2N4O3. The first-order valence-corrected chi connectivity index (χ1v) is 9.34. The Bertz CT molecular complexity index is 1100. The number of nitrogens with one attached hydrogen (secondary N) is 3. The van der Waals surface area contributed by atoms with Crippen molar-refractivity contribution >= 4 is 17.4 Å². The summed E-state index contributed by atoms with van der Waals surface area (Å²) < 4.78 is 37.7. The minimum atomic E-state index is -0.864. The van der Waals surface area contributed by atoms with Gasteiger partial charge in [0.2, 0.25) is 0 Å². The number of carbonyl (C=O) groups is 1. The largest absolute Gasteiger partial charge is 0.497 e. The van der Waals surface area contributed by atoms with Crippen LogP contribution in [0, 0.1) is 11.6 Å². The zero-order valence-corrected chi connectivity index (χ0v) is 16.4. The third-order valence-corrected chi connectivity index (χ3v) is 4.86. The number of rotatable bonds is 6. The van der Waals surface area contributed by atoms with Crippen LogP contribution in [0.2, 0.25) is 0 Å². The summed E-state index contributed by atoms with van der Waals surface area (Å²) in [6.07, 6.45) is 1.95. The number of benzene rings is 2. The van der Waals surface area contributed by atoms with Gasteiger partial charge in [-0.2, -0.15) is 5.10 Å². The molecule has 3 N–H and O–H groups in total. The lowest BCUT2D eigenvalue weighted by Crippen LogP contribution is -2.21. The van der Waals surface area contributed by atoms with Gasteiger partial charge < -0.3 is 20.1 Å². The summed E-state index contributed by atoms with van der Waals surface area (Å²) >= 11 is 0. The van der Waals surface area contributed by atoms with Gasteiger partial charge in [0.15, 0.2) is 0 Å². The van der Waals surface area contributed by atoms with E-state index in [4.69, 9.17) is 9.47 Å². The Kier molecular flexibility index (Phi) is 5.26. The lowest BCUT2D eigenvalue weighted by atomic mass is 10.1. The van der Waals surface area contributed by atoms with Gasteiger partial charge in [0.05, 0.1) is 31.3 Å². The number of hydrogen-bond donors (Lipinski definition) is 3. The lowest BCUT2D eigenvalue weighted by molar-refractivity contribution is 0.262. The van der Waals surface area contributed by atoms with Crippen molar-refractivity contribution in [3.63, 3.8) is 0 Å². The molecule has 0 atom stereocenters. The van der Waals surface area contributed by atoms with E-state index in [-0.39, 0.29) is 11.6 Å². The molecule has 2 aromatic carbocycles. The molecule has 0 saturated heterocycles. The van der Waals surface area contributed by atoms with E-state index in [0.29, 0.717) is 34.5 Å². The van der Waals surface area contributed by atoms with Crippen LogP contribution < -0.4 is 20.1 Å². The Balaban J connectivity index is 1.66. The third-order valence-electron chi connectivity index (χ3n) is 4.86. The van der Waals surface area contributed by atoms with Crippen molar-refractivity contribution in [3.8, 4) is 22.8 Å². The first-order chi connectivity index (χ1) is 14.5. The predicted molar refractivity (Wildman–Crippen MR) is 108 cm³/mol. The van der Waals surface area contributed by atoms with Gasteiger partial charge in [-0.25, -0.2) is 13.6 Å². The number of H-pyrrole nitrogens is 1. The standard InChI is InChI=1S/C21H20F2N4O3/c1-29-13-6-7-14(17(10-13)30-2)19-20(18(26-27-19)11-3-4-11)25-21(28)24-16-8-5-12(22)9-15(16)23/h5-11H,3-4H2,1-2H3,(H,26,27)(H2,24,25,28). The fraction of sp³-hybridized carbons (Fsp3) is 0.238. The monoisotopic (exact) mass is 414 g/mol. The average molecular weight is 414 g/mol. The van der Waals surface area contributed by atoms with Crippen molar-refractivity contribution in [2.24, 2.45) is 0 Å². The number of carbonyl (C=O) groups excluding carboxylic acids is 1. The molecule has 1 aromatic heterocycles. The van der Waals surface area contributed by atoms with Crippen LogP contribution in [-0.2, 0) is 0 Å². The van der Waals surface area contributed by atoms with Crippen LogP contribution in [-0.4, -0.2) is 30.4 Å². The van der Waals surface area contributed by atoms with Crippen molar-refractivity contribution in [2.75, 3.05) is 24.9 Å². The highest BCUT2D eigenvalue weighted by molar-refractivity contribution is 6.03. The topological polar surface area (TPSA) is 88.3 Å². The molecule has 156 valence electrons. The van der Waals surface area contributed by atoms with Gasteiger partial charge in [-0.15, -0.1) is 0 Å². The SMILES string of the molecule is COc1ccc(-c2n[nH]c(C3CC3)c2NC(=O)Nc2ccc(F)cc2F)c(OC)c1. The van der Waals surface area contributed by atoms with Crippen LogP contribution in [0.3, 0.4) is 0 Å². The molecule has 30 heavy (non-hydrogen) atoms. The van der Waals surface area contributed by atoms with Crippen molar-refractivity contribution < 1.29 is 23.0 Å². The Hall–Kier alpha value is -3.62. The maximum Gasteiger partial charge on any atom is 0.323 e. The second-order valence-electron chi connectivity index (χ2n) is 6.90. The number of nitrogens with zero attached hydrogens (tertiary/aromatic N) is 1. The van der Waals surface area contributed by atoms with Gasteiger partial charge in [0.25, 0.3) is 0 Å². The molecule has 1 aliphatic carbocycles. The Morgan fingerprint density at radius 1 is 1.10 bits per heavy atom. The summed E-state index contributed by atoms with van der Waals surface area (Å²) in [5.74, 6) is -0.188. The predicted octanol–water partition coefficient (Wildman–Crippen LogP) is 4.89. The average Bonchev–Trinajstić information content (AvgIpc) is 3.50. The van der Waals surface area contributed by atoms with Crippen LogP contribution in [0.1, 0.15) is 24.5 Å². The summed E-state index contributed by atoms with van der Waals surface area (Å²) in [6, 6.07) is 7.54. The number of halogens is 2. The number of anilines is 2. The van der Waals surface area contributed by atoms with Crippen LogP contribution in [0.4, 0.5) is 25.0 Å². The van der Waals surface area contributed by atoms with Crippen LogP contribution >= 0.6 is 0 Å². The van der Waals surface area contributed by atoms with Crippen molar-refractivity contribution in [2.45, 2.75) is 18.8 Å². The molecule has 0 aliphatic heterocycles. The molecule has 9 heteroatoms. The number of urea groups is 1. The normalized spacial score (nSPS) is 13.1. The molecule has 1 heterocycles. The summed E-state index contributed by atoms with van der Waals surface area (Å²) in [5.41, 5.74) is 2.29. The molecular weight excluding hydrogens is 394 g/mol. The maximum absolute atomic E-state index is 13.9. The van der Waals surface area contributed by atoms with Crippen LogP contribution in [0.5, 0.6) is 11.5 Å². The maximum atomic E-state index is 13.9. The number of hydrogen-bond acceptors (Lipinski definition) is 4. The fourth-order valence-electron chi connectivity index (χ4n) is 3.20. The van der Waals surface area contributed by atoms with Gasteiger partial charge in [-0.3, -0.25) is 5.10 Å². The number of ether oxygens (including phenoxy) is 2. The molecule has 3 aromatic rings. The van der Waals surface area contributed by atoms with Crippen molar-refractivity contribution in [1.82, 2.24) is 10.2 Å². The second-order valence-corrected chi connectivity index (χ2v) is 6.90. The number of aromatic amines is 1. The highest BCUT2D eigenvalue weighted by Gasteiger charge is 2.31. The van der Waals surface area contributed by atoms with Gasteiger partial charge in [0.1, 0.15) is 28.8 Å². The Morgan fingerprint density at radius 3 is 2.57 bits per heavy atom. The van der Waals surface area contributed by atoms with E-state index < -0.39 is 17.7 Å². The highest BCUT2D eigenvalue weighted by atomic mass is 19.1. The number of methoxy groups -OCH3 is 2. The zero-order chi connectivity index (χ0) is 21.3. The molecule has 1 aliphatic rings. The van der Waals surface area contributed by atoms with E-state index in [1.807, 2.05) is 0 Å². The van der Waals surface area contributed by atoms with Crippen molar-refractivity contribution in [3.05, 3.63) is 53.7 Å².